The van der Waals surface area contributed by atoms with Crippen molar-refractivity contribution in [3.05, 3.63) is 35.5 Å². The summed E-state index contributed by atoms with van der Waals surface area (Å²) in [6.45, 7) is 5.15. The van der Waals surface area contributed by atoms with Gasteiger partial charge in [0.2, 0.25) is 0 Å². The number of hydrogen-bond donors (Lipinski definition) is 0. The van der Waals surface area contributed by atoms with Crippen LogP contribution in [0.15, 0.2) is 35.5 Å². The lowest BCUT2D eigenvalue weighted by Crippen LogP contribution is -2.10. The van der Waals surface area contributed by atoms with Gasteiger partial charge in [-0.05, 0) is 26.3 Å². The molecule has 0 saturated carbocycles. The van der Waals surface area contributed by atoms with Crippen LogP contribution in [-0.2, 0) is 0 Å². The minimum absolute atomic E-state index is 0.600. The van der Waals surface area contributed by atoms with E-state index in [0.29, 0.717) is 12.0 Å². The largest absolute Gasteiger partial charge is 0.416 e. The van der Waals surface area contributed by atoms with Crippen molar-refractivity contribution in [3.63, 3.8) is 0 Å². The molecule has 0 N–H and O–H groups in total. The second kappa shape index (κ2) is 5.68. The number of hydrogen-bond acceptors (Lipinski definition) is 0. The number of halogens is 3. The molecule has 0 saturated heterocycles. The van der Waals surface area contributed by atoms with E-state index in [1.165, 1.54) is 6.08 Å². The summed E-state index contributed by atoms with van der Waals surface area (Å²) in [6, 6.07) is 0. The van der Waals surface area contributed by atoms with Crippen molar-refractivity contribution in [2.45, 2.75) is 33.4 Å². The van der Waals surface area contributed by atoms with Crippen LogP contribution in [0.5, 0.6) is 0 Å². The molecule has 0 aliphatic rings. The van der Waals surface area contributed by atoms with Gasteiger partial charge in [-0.3, -0.25) is 0 Å². The summed E-state index contributed by atoms with van der Waals surface area (Å²) in [7, 11) is 0. The van der Waals surface area contributed by atoms with Gasteiger partial charge in [-0.25, -0.2) is 0 Å². The van der Waals surface area contributed by atoms with E-state index < -0.39 is 11.7 Å². The van der Waals surface area contributed by atoms with Gasteiger partial charge in [-0.15, -0.1) is 0 Å². The van der Waals surface area contributed by atoms with Gasteiger partial charge in [0.05, 0.1) is 5.57 Å². The van der Waals surface area contributed by atoms with Crippen molar-refractivity contribution in [3.8, 4) is 0 Å². The summed E-state index contributed by atoms with van der Waals surface area (Å²) in [5.41, 5.74) is 0.00743. The fourth-order valence-corrected chi connectivity index (χ4v) is 0.798. The van der Waals surface area contributed by atoms with Crippen molar-refractivity contribution in [1.82, 2.24) is 0 Å². The first-order valence-electron chi connectivity index (χ1n) is 4.50. The second-order valence-electron chi connectivity index (χ2n) is 2.94. The maximum Gasteiger partial charge on any atom is 0.416 e. The Labute approximate surface area is 82.8 Å². The van der Waals surface area contributed by atoms with E-state index in [9.17, 15) is 13.2 Å². The van der Waals surface area contributed by atoms with Crippen LogP contribution in [0.25, 0.3) is 0 Å². The van der Waals surface area contributed by atoms with Crippen LogP contribution in [0.3, 0.4) is 0 Å². The molecule has 0 aromatic heterocycles. The van der Waals surface area contributed by atoms with Crippen molar-refractivity contribution in [2.75, 3.05) is 0 Å². The minimum atomic E-state index is -4.27. The first kappa shape index (κ1) is 13.0. The zero-order chi connectivity index (χ0) is 11.2. The molecule has 0 fully saturated rings. The predicted molar refractivity (Wildman–Crippen MR) is 53.0 cm³/mol. The first-order chi connectivity index (χ1) is 6.41. The molecule has 0 unspecified atom stereocenters. The molecule has 0 amide bonds. The minimum Gasteiger partial charge on any atom is -0.166 e. The molecule has 0 nitrogen and oxygen atoms in total. The molecule has 0 bridgehead atoms. The van der Waals surface area contributed by atoms with E-state index in [1.807, 2.05) is 0 Å². The third-order valence-electron chi connectivity index (χ3n) is 1.70. The third-order valence-corrected chi connectivity index (χ3v) is 1.70. The molecule has 0 rings (SSSR count). The van der Waals surface area contributed by atoms with E-state index in [-0.39, 0.29) is 0 Å². The molecule has 0 heterocycles. The Morgan fingerprint density at radius 2 is 1.86 bits per heavy atom. The zero-order valence-electron chi connectivity index (χ0n) is 8.65. The summed E-state index contributed by atoms with van der Waals surface area (Å²) in [4.78, 5) is 0. The van der Waals surface area contributed by atoms with Crippen LogP contribution in [0.2, 0.25) is 0 Å². The van der Waals surface area contributed by atoms with Gasteiger partial charge in [0, 0.05) is 0 Å². The highest BCUT2D eigenvalue weighted by molar-refractivity contribution is 5.32. The monoisotopic (exact) mass is 204 g/mol. The summed E-state index contributed by atoms with van der Waals surface area (Å²) in [5.74, 6) is 0. The average Bonchev–Trinajstić information content (AvgIpc) is 2.09. The van der Waals surface area contributed by atoms with Crippen molar-refractivity contribution in [2.24, 2.45) is 0 Å². The molecule has 0 spiro atoms. The standard InChI is InChI=1S/C11H15F3/c1-4-6-7-10(11(12,13)14)8-9(3)5-2/h5-8H,4H2,1-3H3/b7-6+,9-5-,10-8+. The highest BCUT2D eigenvalue weighted by Crippen LogP contribution is 2.27. The van der Waals surface area contributed by atoms with Crippen LogP contribution in [0.4, 0.5) is 13.2 Å². The molecular formula is C11H15F3. The van der Waals surface area contributed by atoms with Crippen LogP contribution in [0.1, 0.15) is 27.2 Å². The highest BCUT2D eigenvalue weighted by Gasteiger charge is 2.31. The van der Waals surface area contributed by atoms with Crippen LogP contribution < -0.4 is 0 Å². The fraction of sp³-hybridized carbons (Fsp3) is 0.455. The van der Waals surface area contributed by atoms with Gasteiger partial charge in [0.1, 0.15) is 0 Å². The maximum atomic E-state index is 12.4. The van der Waals surface area contributed by atoms with Gasteiger partial charge in [0.25, 0.3) is 0 Å². The summed E-state index contributed by atoms with van der Waals surface area (Å²) < 4.78 is 37.2. The van der Waals surface area contributed by atoms with Gasteiger partial charge >= 0.3 is 6.18 Å². The van der Waals surface area contributed by atoms with Gasteiger partial charge in [-0.2, -0.15) is 13.2 Å². The Kier molecular flexibility index (Phi) is 5.28. The lowest BCUT2D eigenvalue weighted by molar-refractivity contribution is -0.0882. The maximum absolute atomic E-state index is 12.4. The Bertz CT molecular complexity index is 254. The average molecular weight is 204 g/mol. The molecule has 14 heavy (non-hydrogen) atoms. The van der Waals surface area contributed by atoms with E-state index in [2.05, 4.69) is 0 Å². The second-order valence-corrected chi connectivity index (χ2v) is 2.94. The molecule has 80 valence electrons. The summed E-state index contributed by atoms with van der Waals surface area (Å²) in [5, 5.41) is 0. The molecule has 0 atom stereocenters. The molecule has 0 aromatic carbocycles. The van der Waals surface area contributed by atoms with Gasteiger partial charge in [-0.1, -0.05) is 30.7 Å². The van der Waals surface area contributed by atoms with E-state index in [1.54, 1.807) is 26.8 Å². The van der Waals surface area contributed by atoms with Crippen LogP contribution in [0, 0.1) is 0 Å². The van der Waals surface area contributed by atoms with Crippen molar-refractivity contribution >= 4 is 0 Å². The fourth-order valence-electron chi connectivity index (χ4n) is 0.798. The molecule has 0 aromatic rings. The van der Waals surface area contributed by atoms with Crippen LogP contribution in [-0.4, -0.2) is 6.18 Å². The molecule has 0 radical (unpaired) electrons. The van der Waals surface area contributed by atoms with E-state index in [4.69, 9.17) is 0 Å². The SMILES string of the molecule is C\C=C(C)/C=C(\C=C\CC)C(F)(F)F. The van der Waals surface area contributed by atoms with E-state index in [0.717, 1.165) is 12.2 Å². The number of alkyl halides is 3. The number of rotatable bonds is 3. The first-order valence-corrected chi connectivity index (χ1v) is 4.50. The Morgan fingerprint density at radius 1 is 1.29 bits per heavy atom. The van der Waals surface area contributed by atoms with Crippen molar-refractivity contribution < 1.29 is 13.2 Å². The molecular weight excluding hydrogens is 189 g/mol. The van der Waals surface area contributed by atoms with Crippen LogP contribution >= 0.6 is 0 Å². The van der Waals surface area contributed by atoms with Gasteiger partial charge < -0.3 is 0 Å². The normalized spacial score (nSPS) is 15.3. The lowest BCUT2D eigenvalue weighted by atomic mass is 10.1. The summed E-state index contributed by atoms with van der Waals surface area (Å²) in [6.07, 6.45) is 1.74. The Hall–Kier alpha value is -0.990. The Balaban J connectivity index is 4.92. The topological polar surface area (TPSA) is 0 Å². The lowest BCUT2D eigenvalue weighted by Gasteiger charge is -2.07. The van der Waals surface area contributed by atoms with Gasteiger partial charge in [0.15, 0.2) is 0 Å². The summed E-state index contributed by atoms with van der Waals surface area (Å²) >= 11 is 0. The number of allylic oxidation sites excluding steroid dienone is 6. The quantitative estimate of drug-likeness (QED) is 0.597. The zero-order valence-corrected chi connectivity index (χ0v) is 8.65. The molecule has 3 heteroatoms. The third kappa shape index (κ3) is 4.90. The molecule has 0 aliphatic carbocycles. The van der Waals surface area contributed by atoms with E-state index >= 15 is 0 Å². The molecule has 0 aliphatic heterocycles. The predicted octanol–water partition coefficient (Wildman–Crippen LogP) is 4.41. The highest BCUT2D eigenvalue weighted by atomic mass is 19.4. The Morgan fingerprint density at radius 3 is 2.21 bits per heavy atom. The smallest absolute Gasteiger partial charge is 0.166 e. The van der Waals surface area contributed by atoms with Crippen molar-refractivity contribution in [1.29, 1.82) is 0 Å².